The van der Waals surface area contributed by atoms with Crippen LogP contribution in [0.1, 0.15) is 70.1 Å². The maximum Gasteiger partial charge on any atom is 0.338 e. The lowest BCUT2D eigenvalue weighted by Crippen LogP contribution is -2.29. The Kier molecular flexibility index (Phi) is 6.62. The van der Waals surface area contributed by atoms with Gasteiger partial charge < -0.3 is 4.74 Å². The molecule has 0 aromatic heterocycles. The minimum atomic E-state index is -0.395. The molecule has 1 aliphatic rings. The van der Waals surface area contributed by atoms with E-state index in [0.717, 1.165) is 28.6 Å². The molecule has 5 nitrogen and oxygen atoms in total. The highest BCUT2D eigenvalue weighted by atomic mass is 79.9. The normalized spacial score (nSPS) is 13.0. The predicted molar refractivity (Wildman–Crippen MR) is 111 cm³/mol. The number of unbranched alkanes of at least 4 members (excludes halogenated alkanes) is 4. The minimum absolute atomic E-state index is 0.366. The summed E-state index contributed by atoms with van der Waals surface area (Å²) in [5.74, 6) is -1.13. The molecule has 0 unspecified atom stereocenters. The number of esters is 1. The quantitative estimate of drug-likeness (QED) is 0.312. The highest BCUT2D eigenvalue weighted by Gasteiger charge is 2.36. The van der Waals surface area contributed by atoms with E-state index >= 15 is 0 Å². The Morgan fingerprint density at radius 3 is 2.32 bits per heavy atom. The molecule has 3 rings (SSSR count). The molecular formula is C22H22BrNO4. The van der Waals surface area contributed by atoms with Crippen molar-refractivity contribution in [2.24, 2.45) is 0 Å². The molecule has 146 valence electrons. The number of anilines is 1. The van der Waals surface area contributed by atoms with Crippen LogP contribution in [0.4, 0.5) is 5.69 Å². The average molecular weight is 444 g/mol. The summed E-state index contributed by atoms with van der Waals surface area (Å²) in [6, 6.07) is 11.3. The number of hydrogen-bond acceptors (Lipinski definition) is 4. The van der Waals surface area contributed by atoms with Gasteiger partial charge in [-0.1, -0.05) is 48.5 Å². The lowest BCUT2D eigenvalue weighted by molar-refractivity contribution is 0.0497. The summed E-state index contributed by atoms with van der Waals surface area (Å²) in [5, 5.41) is 0. The van der Waals surface area contributed by atoms with Crippen molar-refractivity contribution in [2.45, 2.75) is 39.0 Å². The van der Waals surface area contributed by atoms with E-state index in [-0.39, 0.29) is 11.8 Å². The summed E-state index contributed by atoms with van der Waals surface area (Å²) >= 11 is 3.32. The van der Waals surface area contributed by atoms with E-state index in [1.165, 1.54) is 12.8 Å². The van der Waals surface area contributed by atoms with Gasteiger partial charge in [0, 0.05) is 4.47 Å². The Bertz CT molecular complexity index is 892. The molecule has 0 saturated heterocycles. The molecule has 0 radical (unpaired) electrons. The summed E-state index contributed by atoms with van der Waals surface area (Å²) in [7, 11) is 0. The molecule has 6 heteroatoms. The van der Waals surface area contributed by atoms with Crippen molar-refractivity contribution in [2.75, 3.05) is 11.5 Å². The smallest absolute Gasteiger partial charge is 0.338 e. The van der Waals surface area contributed by atoms with Crippen LogP contribution >= 0.6 is 15.9 Å². The summed E-state index contributed by atoms with van der Waals surface area (Å²) in [4.78, 5) is 38.5. The molecule has 2 amide bonds. The minimum Gasteiger partial charge on any atom is -0.462 e. The third kappa shape index (κ3) is 4.33. The largest absolute Gasteiger partial charge is 0.462 e. The summed E-state index contributed by atoms with van der Waals surface area (Å²) in [6.45, 7) is 2.56. The van der Waals surface area contributed by atoms with Gasteiger partial charge in [0.1, 0.15) is 0 Å². The number of carbonyl (C=O) groups excluding carboxylic acids is 3. The van der Waals surface area contributed by atoms with E-state index < -0.39 is 5.97 Å². The predicted octanol–water partition coefficient (Wildman–Crippen LogP) is 5.38. The van der Waals surface area contributed by atoms with Gasteiger partial charge >= 0.3 is 5.97 Å². The second-order valence-electron chi connectivity index (χ2n) is 6.73. The number of nitrogens with zero attached hydrogens (tertiary/aromatic N) is 1. The Balaban J connectivity index is 1.62. The van der Waals surface area contributed by atoms with Gasteiger partial charge in [-0.05, 0) is 48.9 Å². The Hall–Kier alpha value is -2.47. The molecule has 0 bridgehead atoms. The van der Waals surface area contributed by atoms with Crippen molar-refractivity contribution in [3.63, 3.8) is 0 Å². The maximum atomic E-state index is 12.6. The fourth-order valence-corrected chi connectivity index (χ4v) is 3.51. The number of imide groups is 1. The van der Waals surface area contributed by atoms with Crippen molar-refractivity contribution in [1.29, 1.82) is 0 Å². The van der Waals surface area contributed by atoms with Gasteiger partial charge in [-0.15, -0.1) is 0 Å². The van der Waals surface area contributed by atoms with E-state index in [1.54, 1.807) is 42.5 Å². The molecule has 28 heavy (non-hydrogen) atoms. The number of fused-ring (bicyclic) bond motifs is 1. The van der Waals surface area contributed by atoms with Gasteiger partial charge in [0.15, 0.2) is 0 Å². The van der Waals surface area contributed by atoms with E-state index in [2.05, 4.69) is 22.9 Å². The zero-order chi connectivity index (χ0) is 20.1. The fourth-order valence-electron chi connectivity index (χ4n) is 3.15. The number of benzene rings is 2. The lowest BCUT2D eigenvalue weighted by Gasteiger charge is -2.14. The molecular weight excluding hydrogens is 422 g/mol. The molecule has 0 saturated carbocycles. The average Bonchev–Trinajstić information content (AvgIpc) is 2.94. The highest BCUT2D eigenvalue weighted by molar-refractivity contribution is 9.10. The van der Waals surface area contributed by atoms with Gasteiger partial charge in [-0.25, -0.2) is 9.69 Å². The zero-order valence-electron chi connectivity index (χ0n) is 15.7. The van der Waals surface area contributed by atoms with Gasteiger partial charge in [0.2, 0.25) is 0 Å². The molecule has 2 aromatic rings. The standard InChI is InChI=1S/C22H22BrNO4/c1-2-3-4-5-6-13-28-22(27)15-7-10-17(11-8-15)24-20(25)18-12-9-16(23)14-19(18)21(24)26/h7-12,14H,2-6,13H2,1H3. The van der Waals surface area contributed by atoms with E-state index in [0.29, 0.717) is 29.0 Å². The number of rotatable bonds is 8. The lowest BCUT2D eigenvalue weighted by atomic mass is 10.1. The van der Waals surface area contributed by atoms with Crippen LogP contribution in [0, 0.1) is 0 Å². The van der Waals surface area contributed by atoms with Crippen LogP contribution in [0.3, 0.4) is 0 Å². The van der Waals surface area contributed by atoms with Crippen LogP contribution in [-0.2, 0) is 4.74 Å². The molecule has 0 atom stereocenters. The Morgan fingerprint density at radius 1 is 0.929 bits per heavy atom. The number of carbonyl (C=O) groups is 3. The van der Waals surface area contributed by atoms with Gasteiger partial charge in [0.05, 0.1) is 29.0 Å². The van der Waals surface area contributed by atoms with Crippen molar-refractivity contribution >= 4 is 39.4 Å². The first kappa shape index (κ1) is 20.3. The first-order chi connectivity index (χ1) is 13.5. The van der Waals surface area contributed by atoms with E-state index in [1.807, 2.05) is 0 Å². The number of ether oxygens (including phenoxy) is 1. The van der Waals surface area contributed by atoms with Crippen LogP contribution in [-0.4, -0.2) is 24.4 Å². The third-order valence-corrected chi connectivity index (χ3v) is 5.18. The van der Waals surface area contributed by atoms with Crippen LogP contribution in [0.5, 0.6) is 0 Å². The van der Waals surface area contributed by atoms with Crippen molar-refractivity contribution in [1.82, 2.24) is 0 Å². The molecule has 1 heterocycles. The highest BCUT2D eigenvalue weighted by Crippen LogP contribution is 2.30. The third-order valence-electron chi connectivity index (χ3n) is 4.69. The van der Waals surface area contributed by atoms with Crippen molar-refractivity contribution < 1.29 is 19.1 Å². The molecule has 0 N–H and O–H groups in total. The van der Waals surface area contributed by atoms with Crippen LogP contribution in [0.15, 0.2) is 46.9 Å². The number of halogens is 1. The molecule has 0 fully saturated rings. The maximum absolute atomic E-state index is 12.6. The van der Waals surface area contributed by atoms with Crippen LogP contribution in [0.25, 0.3) is 0 Å². The molecule has 1 aliphatic heterocycles. The van der Waals surface area contributed by atoms with Crippen LogP contribution in [0.2, 0.25) is 0 Å². The second-order valence-corrected chi connectivity index (χ2v) is 7.65. The summed E-state index contributed by atoms with van der Waals surface area (Å²) in [6.07, 6.45) is 5.44. The zero-order valence-corrected chi connectivity index (χ0v) is 17.3. The van der Waals surface area contributed by atoms with Crippen LogP contribution < -0.4 is 4.90 Å². The van der Waals surface area contributed by atoms with Gasteiger partial charge in [0.25, 0.3) is 11.8 Å². The molecule has 2 aromatic carbocycles. The van der Waals surface area contributed by atoms with Crippen molar-refractivity contribution in [3.8, 4) is 0 Å². The summed E-state index contributed by atoms with van der Waals surface area (Å²) < 4.78 is 6.03. The topological polar surface area (TPSA) is 63.7 Å². The first-order valence-electron chi connectivity index (χ1n) is 9.48. The first-order valence-corrected chi connectivity index (χ1v) is 10.3. The monoisotopic (exact) mass is 443 g/mol. The Morgan fingerprint density at radius 2 is 1.61 bits per heavy atom. The van der Waals surface area contributed by atoms with Gasteiger partial charge in [-0.3, -0.25) is 9.59 Å². The number of hydrogen-bond donors (Lipinski definition) is 0. The SMILES string of the molecule is CCCCCCCOC(=O)c1ccc(N2C(=O)c3ccc(Br)cc3C2=O)cc1. The fraction of sp³-hybridized carbons (Fsp3) is 0.318. The Labute approximate surface area is 172 Å². The van der Waals surface area contributed by atoms with E-state index in [4.69, 9.17) is 4.74 Å². The molecule has 0 spiro atoms. The van der Waals surface area contributed by atoms with E-state index in [9.17, 15) is 14.4 Å². The van der Waals surface area contributed by atoms with Crippen molar-refractivity contribution in [3.05, 3.63) is 63.6 Å². The summed E-state index contributed by atoms with van der Waals surface area (Å²) in [5.41, 5.74) is 1.57. The molecule has 0 aliphatic carbocycles. The number of amides is 2. The second kappa shape index (κ2) is 9.15. The van der Waals surface area contributed by atoms with Gasteiger partial charge in [-0.2, -0.15) is 0 Å².